The lowest BCUT2D eigenvalue weighted by atomic mass is 10.3. The number of pyridine rings is 1. The highest BCUT2D eigenvalue weighted by molar-refractivity contribution is 7.13. The predicted molar refractivity (Wildman–Crippen MR) is 89.4 cm³/mol. The van der Waals surface area contributed by atoms with Gasteiger partial charge in [0.1, 0.15) is 5.65 Å². The van der Waals surface area contributed by atoms with Gasteiger partial charge in [-0.05, 0) is 30.0 Å². The summed E-state index contributed by atoms with van der Waals surface area (Å²) in [7, 11) is 0. The Labute approximate surface area is 139 Å². The van der Waals surface area contributed by atoms with Gasteiger partial charge >= 0.3 is 5.76 Å². The van der Waals surface area contributed by atoms with Crippen LogP contribution in [-0.2, 0) is 6.54 Å². The van der Waals surface area contributed by atoms with Crippen LogP contribution in [0.4, 0.5) is 0 Å². The fourth-order valence-electron chi connectivity index (χ4n) is 2.45. The van der Waals surface area contributed by atoms with Gasteiger partial charge in [-0.25, -0.2) is 9.78 Å². The fraction of sp³-hybridized carbons (Fsp3) is 0.125. The first-order chi connectivity index (χ1) is 11.6. The highest BCUT2D eigenvalue weighted by atomic mass is 32.1. The molecule has 0 fully saturated rings. The molecule has 4 aromatic heterocycles. The van der Waals surface area contributed by atoms with E-state index in [1.807, 2.05) is 30.5 Å². The normalized spacial score (nSPS) is 11.2. The Hall–Kier alpha value is -3.00. The van der Waals surface area contributed by atoms with Gasteiger partial charge < -0.3 is 4.42 Å². The number of rotatable bonds is 3. The zero-order valence-electron chi connectivity index (χ0n) is 12.7. The van der Waals surface area contributed by atoms with Crippen molar-refractivity contribution in [3.05, 3.63) is 74.1 Å². The molecule has 0 bridgehead atoms. The van der Waals surface area contributed by atoms with Crippen molar-refractivity contribution in [1.29, 1.82) is 0 Å². The Morgan fingerprint density at radius 2 is 2.12 bits per heavy atom. The van der Waals surface area contributed by atoms with Gasteiger partial charge in [0.15, 0.2) is 0 Å². The molecule has 0 saturated heterocycles. The van der Waals surface area contributed by atoms with Crippen LogP contribution in [0.25, 0.3) is 16.4 Å². The van der Waals surface area contributed by atoms with Crippen LogP contribution in [0.1, 0.15) is 11.3 Å². The molecule has 0 aliphatic carbocycles. The summed E-state index contributed by atoms with van der Waals surface area (Å²) >= 11 is 1.43. The largest absolute Gasteiger partial charge is 0.437 e. The second kappa shape index (κ2) is 5.57. The Morgan fingerprint density at radius 3 is 2.92 bits per heavy atom. The number of nitrogens with zero attached hydrogens (tertiary/aromatic N) is 4. The molecule has 0 amide bonds. The summed E-state index contributed by atoms with van der Waals surface area (Å²) in [5, 5.41) is 6.06. The summed E-state index contributed by atoms with van der Waals surface area (Å²) in [4.78, 5) is 29.4. The van der Waals surface area contributed by atoms with Crippen LogP contribution in [0, 0.1) is 6.92 Å². The second-order valence-electron chi connectivity index (χ2n) is 5.28. The minimum Gasteiger partial charge on any atom is -0.387 e. The van der Waals surface area contributed by atoms with Gasteiger partial charge in [0.2, 0.25) is 0 Å². The lowest BCUT2D eigenvalue weighted by Crippen LogP contribution is -2.21. The van der Waals surface area contributed by atoms with Gasteiger partial charge in [0, 0.05) is 12.3 Å². The Kier molecular flexibility index (Phi) is 3.39. The quantitative estimate of drug-likeness (QED) is 0.569. The van der Waals surface area contributed by atoms with Crippen molar-refractivity contribution in [3.63, 3.8) is 0 Å². The highest BCUT2D eigenvalue weighted by Crippen LogP contribution is 2.21. The number of hydrogen-bond acceptors (Lipinski definition) is 6. The first-order valence-electron chi connectivity index (χ1n) is 7.21. The molecule has 4 rings (SSSR count). The van der Waals surface area contributed by atoms with E-state index in [0.29, 0.717) is 11.3 Å². The van der Waals surface area contributed by atoms with Crippen molar-refractivity contribution < 1.29 is 4.42 Å². The van der Waals surface area contributed by atoms with Crippen LogP contribution < -0.4 is 11.3 Å². The van der Waals surface area contributed by atoms with Gasteiger partial charge in [-0.3, -0.25) is 9.20 Å². The summed E-state index contributed by atoms with van der Waals surface area (Å²) in [6.45, 7) is 1.95. The number of aryl methyl sites for hydroxylation is 1. The number of thiophene rings is 1. The average molecular weight is 340 g/mol. The van der Waals surface area contributed by atoms with Crippen LogP contribution in [0.15, 0.2) is 55.9 Å². The molecule has 0 aromatic carbocycles. The molecule has 0 N–H and O–H groups in total. The third-order valence-corrected chi connectivity index (χ3v) is 4.45. The summed E-state index contributed by atoms with van der Waals surface area (Å²) in [5.74, 6) is -0.311. The van der Waals surface area contributed by atoms with E-state index in [4.69, 9.17) is 4.42 Å². The lowest BCUT2D eigenvalue weighted by Gasteiger charge is -2.05. The standard InChI is InChI=1S/C16H12N4O3S/c1-10-4-2-6-19-13(21)8-11(17-14(10)19)9-20-16(22)23-15(18-20)12-5-3-7-24-12/h2-8H,9H2,1H3. The summed E-state index contributed by atoms with van der Waals surface area (Å²) in [6, 6.07) is 8.75. The maximum Gasteiger partial charge on any atom is 0.437 e. The summed E-state index contributed by atoms with van der Waals surface area (Å²) in [6.07, 6.45) is 1.67. The monoisotopic (exact) mass is 340 g/mol. The van der Waals surface area contributed by atoms with Crippen molar-refractivity contribution in [2.45, 2.75) is 13.5 Å². The topological polar surface area (TPSA) is 82.4 Å². The minimum absolute atomic E-state index is 0.0772. The Balaban J connectivity index is 1.76. The second-order valence-corrected chi connectivity index (χ2v) is 6.23. The molecule has 0 spiro atoms. The predicted octanol–water partition coefficient (Wildman–Crippen LogP) is 1.93. The summed E-state index contributed by atoms with van der Waals surface area (Å²) < 4.78 is 7.81. The zero-order valence-corrected chi connectivity index (χ0v) is 13.5. The number of aromatic nitrogens is 4. The molecule has 4 heterocycles. The van der Waals surface area contributed by atoms with Crippen LogP contribution in [-0.4, -0.2) is 19.2 Å². The Bertz CT molecular complexity index is 1140. The molecule has 8 heteroatoms. The highest BCUT2D eigenvalue weighted by Gasteiger charge is 2.13. The van der Waals surface area contributed by atoms with E-state index < -0.39 is 5.76 Å². The van der Waals surface area contributed by atoms with E-state index in [2.05, 4.69) is 10.1 Å². The molecule has 120 valence electrons. The third-order valence-electron chi connectivity index (χ3n) is 3.59. The van der Waals surface area contributed by atoms with E-state index in [0.717, 1.165) is 10.4 Å². The maximum absolute atomic E-state index is 12.2. The molecule has 24 heavy (non-hydrogen) atoms. The first-order valence-corrected chi connectivity index (χ1v) is 8.09. The lowest BCUT2D eigenvalue weighted by molar-refractivity contribution is 0.494. The van der Waals surface area contributed by atoms with Crippen molar-refractivity contribution in [1.82, 2.24) is 19.2 Å². The molecule has 0 aliphatic heterocycles. The molecule has 4 aromatic rings. The molecular weight excluding hydrogens is 328 g/mol. The SMILES string of the molecule is Cc1cccn2c(=O)cc(Cn3nc(-c4cccs4)oc3=O)nc12. The zero-order chi connectivity index (χ0) is 16.7. The van der Waals surface area contributed by atoms with Gasteiger partial charge in [0.05, 0.1) is 17.1 Å². The molecule has 0 radical (unpaired) electrons. The van der Waals surface area contributed by atoms with E-state index in [9.17, 15) is 9.59 Å². The average Bonchev–Trinajstić information content (AvgIpc) is 3.19. The van der Waals surface area contributed by atoms with Gasteiger partial charge in [-0.15, -0.1) is 16.4 Å². The van der Waals surface area contributed by atoms with Gasteiger partial charge in [0.25, 0.3) is 11.4 Å². The van der Waals surface area contributed by atoms with Crippen molar-refractivity contribution in [2.75, 3.05) is 0 Å². The Morgan fingerprint density at radius 1 is 1.25 bits per heavy atom. The number of fused-ring (bicyclic) bond motifs is 1. The van der Waals surface area contributed by atoms with Crippen molar-refractivity contribution >= 4 is 17.0 Å². The van der Waals surface area contributed by atoms with Crippen LogP contribution >= 0.6 is 11.3 Å². The van der Waals surface area contributed by atoms with Gasteiger partial charge in [-0.2, -0.15) is 4.68 Å². The maximum atomic E-state index is 12.2. The van der Waals surface area contributed by atoms with E-state index in [1.165, 1.54) is 26.5 Å². The summed E-state index contributed by atoms with van der Waals surface area (Å²) in [5.41, 5.74) is 1.70. The first kappa shape index (κ1) is 14.6. The molecule has 7 nitrogen and oxygen atoms in total. The van der Waals surface area contributed by atoms with Crippen molar-refractivity contribution in [2.24, 2.45) is 0 Å². The fourth-order valence-corrected chi connectivity index (χ4v) is 3.09. The molecule has 0 atom stereocenters. The minimum atomic E-state index is -0.579. The molecular formula is C16H12N4O3S. The van der Waals surface area contributed by atoms with Crippen molar-refractivity contribution in [3.8, 4) is 10.8 Å². The van der Waals surface area contributed by atoms with E-state index in [-0.39, 0.29) is 18.0 Å². The molecule has 0 aliphatic rings. The van der Waals surface area contributed by atoms with E-state index >= 15 is 0 Å². The van der Waals surface area contributed by atoms with Crippen LogP contribution in [0.3, 0.4) is 0 Å². The van der Waals surface area contributed by atoms with E-state index in [1.54, 1.807) is 12.3 Å². The third kappa shape index (κ3) is 2.46. The van der Waals surface area contributed by atoms with Crippen LogP contribution in [0.5, 0.6) is 0 Å². The van der Waals surface area contributed by atoms with Gasteiger partial charge in [-0.1, -0.05) is 12.1 Å². The molecule has 0 saturated carbocycles. The smallest absolute Gasteiger partial charge is 0.387 e. The van der Waals surface area contributed by atoms with Crippen LogP contribution in [0.2, 0.25) is 0 Å². The number of hydrogen-bond donors (Lipinski definition) is 0. The molecule has 0 unspecified atom stereocenters.